The zero-order valence-electron chi connectivity index (χ0n) is 5.29. The van der Waals surface area contributed by atoms with Crippen molar-refractivity contribution in [2.45, 2.75) is 0 Å². The number of rotatable bonds is 1. The third-order valence-electron chi connectivity index (χ3n) is 0.736. The Morgan fingerprint density at radius 3 is 2.44 bits per heavy atom. The maximum Gasteiger partial charge on any atom is 1.00 e. The second-order valence-corrected chi connectivity index (χ2v) is 1.19. The molecule has 0 saturated heterocycles. The molecule has 0 unspecified atom stereocenters. The van der Waals surface area contributed by atoms with Gasteiger partial charge in [0.25, 0.3) is 0 Å². The van der Waals surface area contributed by atoms with Crippen LogP contribution in [0.5, 0.6) is 0 Å². The van der Waals surface area contributed by atoms with Crippen LogP contribution in [0.4, 0.5) is 0 Å². The van der Waals surface area contributed by atoms with E-state index < -0.39 is 0 Å². The van der Waals surface area contributed by atoms with E-state index in [4.69, 9.17) is 0 Å². The van der Waals surface area contributed by atoms with E-state index >= 15 is 0 Å². The van der Waals surface area contributed by atoms with Gasteiger partial charge in [-0.15, -0.1) is 0 Å². The van der Waals surface area contributed by atoms with Gasteiger partial charge >= 0.3 is 18.9 Å². The summed E-state index contributed by atoms with van der Waals surface area (Å²) < 4.78 is 1.78. The predicted octanol–water partition coefficient (Wildman–Crippen LogP) is -5.01. The van der Waals surface area contributed by atoms with Crippen molar-refractivity contribution in [3.63, 3.8) is 0 Å². The summed E-state index contributed by atoms with van der Waals surface area (Å²) in [6.45, 7) is 3.53. The molecule has 0 saturated carbocycles. The van der Waals surface area contributed by atoms with Crippen LogP contribution in [-0.4, -0.2) is 9.55 Å². The van der Waals surface area contributed by atoms with Crippen molar-refractivity contribution >= 4 is 6.20 Å². The second-order valence-electron chi connectivity index (χ2n) is 1.19. The fourth-order valence-corrected chi connectivity index (χ4v) is 0.377. The van der Waals surface area contributed by atoms with Crippen LogP contribution in [0.2, 0.25) is 0 Å². The van der Waals surface area contributed by atoms with Crippen molar-refractivity contribution in [2.75, 3.05) is 0 Å². The minimum atomic E-state index is 0. The van der Waals surface area contributed by atoms with Crippen LogP contribution < -0.4 is 42.8 Å². The SMILES string of the molecule is C=Cn1ccnc1.[I-].[Li+]. The van der Waals surface area contributed by atoms with Crippen molar-refractivity contribution in [3.05, 3.63) is 25.3 Å². The standard InChI is InChI=1S/C5H6N2.HI.Li/c1-2-7-4-3-6-5-7;;/h2-5H,1H2;1H;/q;;+1/p-1. The van der Waals surface area contributed by atoms with Gasteiger partial charge in [-0.3, -0.25) is 0 Å². The number of halogens is 1. The van der Waals surface area contributed by atoms with Gasteiger partial charge in [-0.1, -0.05) is 6.58 Å². The van der Waals surface area contributed by atoms with Gasteiger partial charge in [-0.25, -0.2) is 4.98 Å². The molecule has 0 aliphatic heterocycles. The molecule has 2 nitrogen and oxygen atoms in total. The molecule has 44 valence electrons. The summed E-state index contributed by atoms with van der Waals surface area (Å²) in [5.74, 6) is 0. The predicted molar refractivity (Wildman–Crippen MR) is 28.6 cm³/mol. The first-order valence-electron chi connectivity index (χ1n) is 2.03. The fourth-order valence-electron chi connectivity index (χ4n) is 0.377. The van der Waals surface area contributed by atoms with E-state index in [1.165, 1.54) is 0 Å². The van der Waals surface area contributed by atoms with Gasteiger partial charge < -0.3 is 28.5 Å². The molecule has 0 atom stereocenters. The monoisotopic (exact) mass is 228 g/mol. The molecule has 0 aliphatic rings. The minimum Gasteiger partial charge on any atom is -1.00 e. The van der Waals surface area contributed by atoms with Crippen molar-refractivity contribution in [1.29, 1.82) is 0 Å². The maximum atomic E-state index is 3.78. The smallest absolute Gasteiger partial charge is 1.00 e. The Hall–Kier alpha value is 0.277. The third kappa shape index (κ3) is 3.79. The Kier molecular flexibility index (Phi) is 8.53. The maximum absolute atomic E-state index is 3.78. The first kappa shape index (κ1) is 12.0. The Balaban J connectivity index is 0. The van der Waals surface area contributed by atoms with Crippen LogP contribution in [0.3, 0.4) is 0 Å². The van der Waals surface area contributed by atoms with Gasteiger partial charge in [0.2, 0.25) is 0 Å². The first-order chi connectivity index (χ1) is 3.43. The average Bonchev–Trinajstić information content (AvgIpc) is 2.14. The minimum absolute atomic E-state index is 0. The Bertz CT molecular complexity index is 150. The molecule has 0 amide bonds. The van der Waals surface area contributed by atoms with E-state index in [1.54, 1.807) is 23.3 Å². The van der Waals surface area contributed by atoms with Crippen molar-refractivity contribution in [1.82, 2.24) is 9.55 Å². The van der Waals surface area contributed by atoms with Crippen LogP contribution in [0, 0.1) is 0 Å². The molecule has 0 spiro atoms. The molecular weight excluding hydrogens is 222 g/mol. The van der Waals surface area contributed by atoms with Crippen LogP contribution in [0.15, 0.2) is 25.3 Å². The molecule has 1 aromatic rings. The molecule has 0 aromatic carbocycles. The number of hydrogen-bond donors (Lipinski definition) is 0. The molecular formula is C5H6ILiN2. The van der Waals surface area contributed by atoms with Gasteiger partial charge in [0.15, 0.2) is 0 Å². The van der Waals surface area contributed by atoms with Gasteiger partial charge in [0.1, 0.15) is 0 Å². The zero-order valence-corrected chi connectivity index (χ0v) is 7.45. The summed E-state index contributed by atoms with van der Waals surface area (Å²) in [7, 11) is 0. The second kappa shape index (κ2) is 6.40. The van der Waals surface area contributed by atoms with Crippen LogP contribution in [-0.2, 0) is 0 Å². The quantitative estimate of drug-likeness (QED) is 0.347. The average molecular weight is 228 g/mol. The number of aromatic nitrogens is 2. The molecule has 0 fully saturated rings. The van der Waals surface area contributed by atoms with Gasteiger partial charge in [0, 0.05) is 18.6 Å². The van der Waals surface area contributed by atoms with Crippen LogP contribution in [0.1, 0.15) is 0 Å². The van der Waals surface area contributed by atoms with Gasteiger partial charge in [0.05, 0.1) is 6.33 Å². The summed E-state index contributed by atoms with van der Waals surface area (Å²) in [5.41, 5.74) is 0. The van der Waals surface area contributed by atoms with E-state index in [0.717, 1.165) is 0 Å². The molecule has 9 heavy (non-hydrogen) atoms. The van der Waals surface area contributed by atoms with Crippen molar-refractivity contribution < 1.29 is 42.8 Å². The molecule has 1 aromatic heterocycles. The van der Waals surface area contributed by atoms with E-state index in [-0.39, 0.29) is 42.8 Å². The Morgan fingerprint density at radius 1 is 1.56 bits per heavy atom. The van der Waals surface area contributed by atoms with Crippen LogP contribution in [0.25, 0.3) is 6.20 Å². The van der Waals surface area contributed by atoms with E-state index in [0.29, 0.717) is 0 Å². The molecule has 1 heterocycles. The Labute approximate surface area is 83.6 Å². The van der Waals surface area contributed by atoms with E-state index in [2.05, 4.69) is 11.6 Å². The van der Waals surface area contributed by atoms with Crippen molar-refractivity contribution in [3.8, 4) is 0 Å². The number of hydrogen-bond acceptors (Lipinski definition) is 1. The summed E-state index contributed by atoms with van der Waals surface area (Å²) in [5, 5.41) is 0. The van der Waals surface area contributed by atoms with Gasteiger partial charge in [-0.2, -0.15) is 0 Å². The number of nitrogens with zero attached hydrogens (tertiary/aromatic N) is 2. The van der Waals surface area contributed by atoms with E-state index in [9.17, 15) is 0 Å². The molecule has 0 N–H and O–H groups in total. The fraction of sp³-hybridized carbons (Fsp3) is 0. The molecule has 0 bridgehead atoms. The zero-order chi connectivity index (χ0) is 5.11. The van der Waals surface area contributed by atoms with Crippen LogP contribution >= 0.6 is 0 Å². The third-order valence-corrected chi connectivity index (χ3v) is 0.736. The first-order valence-corrected chi connectivity index (χ1v) is 2.03. The normalized spacial score (nSPS) is 6.67. The van der Waals surface area contributed by atoms with Crippen molar-refractivity contribution in [2.24, 2.45) is 0 Å². The summed E-state index contributed by atoms with van der Waals surface area (Å²) in [6.07, 6.45) is 6.91. The number of imidazole rings is 1. The summed E-state index contributed by atoms with van der Waals surface area (Å²) in [6, 6.07) is 0. The van der Waals surface area contributed by atoms with E-state index in [1.807, 2.05) is 6.20 Å². The Morgan fingerprint density at radius 2 is 2.22 bits per heavy atom. The summed E-state index contributed by atoms with van der Waals surface area (Å²) >= 11 is 0. The summed E-state index contributed by atoms with van der Waals surface area (Å²) in [4.78, 5) is 3.78. The molecule has 0 aliphatic carbocycles. The topological polar surface area (TPSA) is 17.8 Å². The molecule has 4 heteroatoms. The van der Waals surface area contributed by atoms with Gasteiger partial charge in [-0.05, 0) is 0 Å². The largest absolute Gasteiger partial charge is 1.00 e. The molecule has 0 radical (unpaired) electrons. The molecule has 1 rings (SSSR count).